The molecule has 1 N–H and O–H groups in total. The number of hydrogen-bond acceptors (Lipinski definition) is 4. The fourth-order valence-corrected chi connectivity index (χ4v) is 1.69. The van der Waals surface area contributed by atoms with E-state index in [0.29, 0.717) is 0 Å². The topological polar surface area (TPSA) is 66.8 Å². The van der Waals surface area contributed by atoms with Crippen LogP contribution in [0.2, 0.25) is 0 Å². The van der Waals surface area contributed by atoms with Crippen molar-refractivity contribution in [3.63, 3.8) is 0 Å². The van der Waals surface area contributed by atoms with Gasteiger partial charge in [-0.2, -0.15) is 0 Å². The lowest BCUT2D eigenvalue weighted by molar-refractivity contribution is -0.0315. The number of rotatable bonds is 2. The molecule has 1 rings (SSSR count). The van der Waals surface area contributed by atoms with Gasteiger partial charge in [-0.25, -0.2) is 8.42 Å². The first-order valence-electron chi connectivity index (χ1n) is 3.37. The summed E-state index contributed by atoms with van der Waals surface area (Å²) in [6, 6.07) is 0. The summed E-state index contributed by atoms with van der Waals surface area (Å²) in [5.41, 5.74) is 0. The molecule has 1 fully saturated rings. The van der Waals surface area contributed by atoms with Crippen LogP contribution in [0.1, 0.15) is 6.92 Å². The van der Waals surface area contributed by atoms with Crippen molar-refractivity contribution in [2.75, 3.05) is 18.9 Å². The van der Waals surface area contributed by atoms with Crippen molar-refractivity contribution in [1.82, 2.24) is 4.47 Å². The van der Waals surface area contributed by atoms with Crippen LogP contribution in [0.4, 0.5) is 0 Å². The largest absolute Gasteiger partial charge is 0.389 e. The van der Waals surface area contributed by atoms with E-state index in [9.17, 15) is 8.42 Å². The Morgan fingerprint density at radius 3 is 2.73 bits per heavy atom. The van der Waals surface area contributed by atoms with E-state index in [1.165, 1.54) is 6.92 Å². The number of β-amino-alcohol motifs (C(OH)–C–C–N with tert-alkyl or cyclic N) is 1. The van der Waals surface area contributed by atoms with Crippen LogP contribution in [0.5, 0.6) is 0 Å². The molecule has 0 unspecified atom stereocenters. The first-order valence-corrected chi connectivity index (χ1v) is 4.98. The second-order valence-electron chi connectivity index (χ2n) is 2.34. The van der Waals surface area contributed by atoms with Gasteiger partial charge in [-0.3, -0.25) is 4.84 Å². The molecule has 0 radical (unpaired) electrons. The standard InChI is InChI=1S/C5H11NO4S/c1-2-11(8,9)6-3-5(7)4-10-6/h5,7H,2-4H2,1H3/t5-/m0/s1. The molecule has 0 bridgehead atoms. The minimum absolute atomic E-state index is 0.000278. The van der Waals surface area contributed by atoms with Gasteiger partial charge >= 0.3 is 0 Å². The van der Waals surface area contributed by atoms with Crippen molar-refractivity contribution in [3.8, 4) is 0 Å². The van der Waals surface area contributed by atoms with Gasteiger partial charge in [-0.15, -0.1) is 0 Å². The molecule has 1 saturated heterocycles. The highest BCUT2D eigenvalue weighted by Crippen LogP contribution is 2.10. The van der Waals surface area contributed by atoms with E-state index in [4.69, 9.17) is 9.94 Å². The fourth-order valence-electron chi connectivity index (χ4n) is 0.785. The van der Waals surface area contributed by atoms with E-state index in [-0.39, 0.29) is 18.9 Å². The van der Waals surface area contributed by atoms with Crippen LogP contribution in [-0.2, 0) is 14.9 Å². The van der Waals surface area contributed by atoms with E-state index in [1.807, 2.05) is 0 Å². The summed E-state index contributed by atoms with van der Waals surface area (Å²) in [5, 5.41) is 8.93. The van der Waals surface area contributed by atoms with Crippen molar-refractivity contribution in [2.24, 2.45) is 0 Å². The molecule has 0 spiro atoms. The van der Waals surface area contributed by atoms with E-state index >= 15 is 0 Å². The zero-order valence-electron chi connectivity index (χ0n) is 6.23. The van der Waals surface area contributed by atoms with Crippen molar-refractivity contribution < 1.29 is 18.4 Å². The monoisotopic (exact) mass is 181 g/mol. The molecule has 66 valence electrons. The third-order valence-corrected chi connectivity index (χ3v) is 3.05. The van der Waals surface area contributed by atoms with E-state index in [1.54, 1.807) is 0 Å². The highest BCUT2D eigenvalue weighted by atomic mass is 32.2. The Kier molecular flexibility index (Phi) is 2.48. The number of nitrogens with zero attached hydrogens (tertiary/aromatic N) is 1. The first kappa shape index (κ1) is 8.92. The molecular weight excluding hydrogens is 170 g/mol. The number of hydroxylamine groups is 1. The number of sulfonamides is 1. The Bertz CT molecular complexity index is 225. The van der Waals surface area contributed by atoms with Crippen molar-refractivity contribution in [1.29, 1.82) is 0 Å². The number of aliphatic hydroxyl groups is 1. The van der Waals surface area contributed by atoms with Gasteiger partial charge in [-0.1, -0.05) is 4.47 Å². The predicted molar refractivity (Wildman–Crippen MR) is 38.1 cm³/mol. The van der Waals surface area contributed by atoms with Crippen LogP contribution in [0.15, 0.2) is 0 Å². The van der Waals surface area contributed by atoms with Crippen molar-refractivity contribution >= 4 is 10.0 Å². The van der Waals surface area contributed by atoms with Crippen molar-refractivity contribution in [3.05, 3.63) is 0 Å². The molecule has 5 nitrogen and oxygen atoms in total. The Morgan fingerprint density at radius 2 is 2.36 bits per heavy atom. The third-order valence-electron chi connectivity index (χ3n) is 1.45. The van der Waals surface area contributed by atoms with Crippen molar-refractivity contribution in [2.45, 2.75) is 13.0 Å². The predicted octanol–water partition coefficient (Wildman–Crippen LogP) is -1.06. The molecular formula is C5H11NO4S. The van der Waals surface area contributed by atoms with E-state index < -0.39 is 16.1 Å². The molecule has 0 aromatic carbocycles. The molecule has 0 aliphatic carbocycles. The second kappa shape index (κ2) is 3.06. The maximum Gasteiger partial charge on any atom is 0.235 e. The maximum absolute atomic E-state index is 11.0. The quantitative estimate of drug-likeness (QED) is 0.590. The molecule has 1 heterocycles. The number of aliphatic hydroxyl groups excluding tert-OH is 1. The van der Waals surface area contributed by atoms with Crippen LogP contribution in [0.3, 0.4) is 0 Å². The second-order valence-corrected chi connectivity index (χ2v) is 4.48. The van der Waals surface area contributed by atoms with Crippen LogP contribution in [-0.4, -0.2) is 43.0 Å². The Balaban J connectivity index is 2.64. The van der Waals surface area contributed by atoms with Gasteiger partial charge in [0.05, 0.1) is 25.0 Å². The maximum atomic E-state index is 11.0. The average molecular weight is 181 g/mol. The number of hydrogen-bond donors (Lipinski definition) is 1. The summed E-state index contributed by atoms with van der Waals surface area (Å²) in [7, 11) is -3.28. The van der Waals surface area contributed by atoms with Crippen LogP contribution in [0.25, 0.3) is 0 Å². The molecule has 6 heteroatoms. The van der Waals surface area contributed by atoms with Gasteiger partial charge in [0.15, 0.2) is 0 Å². The molecule has 0 aromatic heterocycles. The molecule has 1 aliphatic heterocycles. The lowest BCUT2D eigenvalue weighted by Crippen LogP contribution is -2.29. The SMILES string of the molecule is CCS(=O)(=O)N1C[C@H](O)CO1. The summed E-state index contributed by atoms with van der Waals surface area (Å²) in [5.74, 6) is -0.000278. The first-order chi connectivity index (χ1) is 5.06. The molecule has 1 atom stereocenters. The van der Waals surface area contributed by atoms with Gasteiger partial charge < -0.3 is 5.11 Å². The molecule has 11 heavy (non-hydrogen) atoms. The van der Waals surface area contributed by atoms with Gasteiger partial charge in [0, 0.05) is 0 Å². The summed E-state index contributed by atoms with van der Waals surface area (Å²) < 4.78 is 22.9. The molecule has 0 saturated carbocycles. The Hall–Kier alpha value is -0.170. The van der Waals surface area contributed by atoms with E-state index in [2.05, 4.69) is 0 Å². The van der Waals surface area contributed by atoms with Crippen LogP contribution in [0, 0.1) is 0 Å². The minimum atomic E-state index is -3.28. The lowest BCUT2D eigenvalue weighted by atomic mass is 10.4. The molecule has 1 aliphatic rings. The van der Waals surface area contributed by atoms with Crippen LogP contribution < -0.4 is 0 Å². The molecule has 0 amide bonds. The summed E-state index contributed by atoms with van der Waals surface area (Å²) in [4.78, 5) is 4.72. The van der Waals surface area contributed by atoms with Gasteiger partial charge in [-0.05, 0) is 6.92 Å². The normalized spacial score (nSPS) is 27.6. The Morgan fingerprint density at radius 1 is 1.73 bits per heavy atom. The minimum Gasteiger partial charge on any atom is -0.389 e. The average Bonchev–Trinajstić information content (AvgIpc) is 2.36. The smallest absolute Gasteiger partial charge is 0.235 e. The van der Waals surface area contributed by atoms with E-state index in [0.717, 1.165) is 4.47 Å². The zero-order chi connectivity index (χ0) is 8.48. The summed E-state index contributed by atoms with van der Waals surface area (Å²) in [6.45, 7) is 1.65. The summed E-state index contributed by atoms with van der Waals surface area (Å²) >= 11 is 0. The Labute approximate surface area is 65.6 Å². The molecule has 0 aromatic rings. The van der Waals surface area contributed by atoms with Gasteiger partial charge in [0.1, 0.15) is 0 Å². The summed E-state index contributed by atoms with van der Waals surface area (Å²) in [6.07, 6.45) is -0.684. The highest BCUT2D eigenvalue weighted by Gasteiger charge is 2.30. The van der Waals surface area contributed by atoms with Gasteiger partial charge in [0.25, 0.3) is 0 Å². The van der Waals surface area contributed by atoms with Crippen LogP contribution >= 0.6 is 0 Å². The fraction of sp³-hybridized carbons (Fsp3) is 1.00. The zero-order valence-corrected chi connectivity index (χ0v) is 7.04. The van der Waals surface area contributed by atoms with Gasteiger partial charge in [0.2, 0.25) is 10.0 Å². The lowest BCUT2D eigenvalue weighted by Gasteiger charge is -2.11. The third kappa shape index (κ3) is 1.90. The highest BCUT2D eigenvalue weighted by molar-refractivity contribution is 7.88.